The van der Waals surface area contributed by atoms with Gasteiger partial charge in [0.2, 0.25) is 0 Å². The van der Waals surface area contributed by atoms with Crippen molar-refractivity contribution in [3.8, 4) is 5.75 Å². The number of halogens is 2. The lowest BCUT2D eigenvalue weighted by atomic mass is 9.90. The van der Waals surface area contributed by atoms with Crippen LogP contribution in [0.5, 0.6) is 5.75 Å². The second-order valence-electron chi connectivity index (χ2n) is 7.40. The van der Waals surface area contributed by atoms with Crippen molar-refractivity contribution in [2.75, 3.05) is 17.3 Å². The van der Waals surface area contributed by atoms with Gasteiger partial charge in [0, 0.05) is 28.5 Å². The van der Waals surface area contributed by atoms with Crippen LogP contribution in [0, 0.1) is 11.6 Å². The molecule has 0 radical (unpaired) electrons. The van der Waals surface area contributed by atoms with Crippen molar-refractivity contribution < 1.29 is 18.3 Å². The van der Waals surface area contributed by atoms with E-state index in [9.17, 15) is 13.6 Å². The lowest BCUT2D eigenvalue weighted by Crippen LogP contribution is -2.44. The fourth-order valence-corrected chi connectivity index (χ4v) is 3.90. The van der Waals surface area contributed by atoms with Crippen LogP contribution >= 0.6 is 0 Å². The van der Waals surface area contributed by atoms with Gasteiger partial charge in [0.15, 0.2) is 0 Å². The zero-order valence-corrected chi connectivity index (χ0v) is 16.7. The van der Waals surface area contributed by atoms with Gasteiger partial charge in [-0.25, -0.2) is 8.78 Å². The highest BCUT2D eigenvalue weighted by atomic mass is 19.1. The molecule has 4 rings (SSSR count). The first-order valence-electron chi connectivity index (χ1n) is 9.75. The minimum Gasteiger partial charge on any atom is -0.497 e. The smallest absolute Gasteiger partial charge is 0.258 e. The van der Waals surface area contributed by atoms with E-state index in [1.807, 2.05) is 6.92 Å². The number of benzene rings is 3. The molecule has 1 aliphatic heterocycles. The highest BCUT2D eigenvalue weighted by molar-refractivity contribution is 6.07. The summed E-state index contributed by atoms with van der Waals surface area (Å²) in [6.45, 7) is 1.97. The molecule has 0 saturated carbocycles. The van der Waals surface area contributed by atoms with Crippen molar-refractivity contribution in [3.05, 3.63) is 89.5 Å². The van der Waals surface area contributed by atoms with E-state index in [-0.39, 0.29) is 29.6 Å². The molecule has 0 aromatic heterocycles. The summed E-state index contributed by atoms with van der Waals surface area (Å²) in [5, 5.41) is 3.35. The Morgan fingerprint density at radius 3 is 2.33 bits per heavy atom. The van der Waals surface area contributed by atoms with Crippen molar-refractivity contribution in [3.63, 3.8) is 0 Å². The van der Waals surface area contributed by atoms with Gasteiger partial charge in [-0.3, -0.25) is 4.79 Å². The molecular formula is C24H22F2N2O2. The zero-order chi connectivity index (χ0) is 21.3. The maximum atomic E-state index is 14.1. The summed E-state index contributed by atoms with van der Waals surface area (Å²) in [6, 6.07) is 17.1. The van der Waals surface area contributed by atoms with Crippen LogP contribution in [0.2, 0.25) is 0 Å². The number of carbonyl (C=O) groups is 1. The second kappa shape index (κ2) is 8.14. The number of rotatable bonds is 4. The predicted octanol–water partition coefficient (Wildman–Crippen LogP) is 5.57. The number of hydrogen-bond acceptors (Lipinski definition) is 3. The maximum absolute atomic E-state index is 14.1. The van der Waals surface area contributed by atoms with E-state index in [2.05, 4.69) is 5.32 Å². The third-order valence-corrected chi connectivity index (χ3v) is 5.38. The first kappa shape index (κ1) is 19.9. The summed E-state index contributed by atoms with van der Waals surface area (Å²) in [4.78, 5) is 15.0. The van der Waals surface area contributed by atoms with E-state index in [1.54, 1.807) is 54.5 Å². The molecule has 0 fully saturated rings. The van der Waals surface area contributed by atoms with Crippen LogP contribution < -0.4 is 15.0 Å². The number of ether oxygens (including phenoxy) is 1. The number of nitrogens with zero attached hydrogens (tertiary/aromatic N) is 1. The molecule has 154 valence electrons. The molecule has 1 aliphatic rings. The van der Waals surface area contributed by atoms with Crippen molar-refractivity contribution in [1.29, 1.82) is 0 Å². The average Bonchev–Trinajstić information content (AvgIpc) is 2.75. The lowest BCUT2D eigenvalue weighted by molar-refractivity contribution is 0.0974. The Bertz CT molecular complexity index is 1050. The summed E-state index contributed by atoms with van der Waals surface area (Å²) < 4.78 is 32.5. The van der Waals surface area contributed by atoms with E-state index < -0.39 is 0 Å². The largest absolute Gasteiger partial charge is 0.497 e. The normalized spacial score (nSPS) is 17.9. The molecule has 1 N–H and O–H groups in total. The van der Waals surface area contributed by atoms with Crippen molar-refractivity contribution in [1.82, 2.24) is 0 Å². The first-order chi connectivity index (χ1) is 14.5. The first-order valence-corrected chi connectivity index (χ1v) is 9.75. The van der Waals surface area contributed by atoms with E-state index in [1.165, 1.54) is 24.3 Å². The zero-order valence-electron chi connectivity index (χ0n) is 16.7. The molecule has 1 heterocycles. The molecule has 0 saturated heterocycles. The number of fused-ring (bicyclic) bond motifs is 1. The molecule has 0 bridgehead atoms. The molecule has 0 spiro atoms. The number of hydrogen-bond donors (Lipinski definition) is 1. The lowest BCUT2D eigenvalue weighted by Gasteiger charge is -2.40. The van der Waals surface area contributed by atoms with Gasteiger partial charge in [-0.05, 0) is 80.1 Å². The predicted molar refractivity (Wildman–Crippen MR) is 113 cm³/mol. The average molecular weight is 408 g/mol. The molecule has 2 atom stereocenters. The molecule has 3 aromatic carbocycles. The van der Waals surface area contributed by atoms with Crippen LogP contribution in [0.4, 0.5) is 20.2 Å². The van der Waals surface area contributed by atoms with Gasteiger partial charge >= 0.3 is 0 Å². The fourth-order valence-electron chi connectivity index (χ4n) is 3.90. The van der Waals surface area contributed by atoms with Crippen LogP contribution in [0.15, 0.2) is 66.7 Å². The molecule has 6 heteroatoms. The minimum atomic E-state index is -0.369. The van der Waals surface area contributed by atoms with Crippen LogP contribution in [0.1, 0.15) is 35.3 Å². The van der Waals surface area contributed by atoms with E-state index in [0.29, 0.717) is 29.0 Å². The van der Waals surface area contributed by atoms with Crippen LogP contribution in [0.25, 0.3) is 0 Å². The second-order valence-corrected chi connectivity index (χ2v) is 7.40. The van der Waals surface area contributed by atoms with E-state index in [4.69, 9.17) is 4.74 Å². The van der Waals surface area contributed by atoms with Crippen LogP contribution in [-0.4, -0.2) is 19.1 Å². The highest BCUT2D eigenvalue weighted by Gasteiger charge is 2.34. The Labute approximate surface area is 174 Å². The number of methoxy groups -OCH3 is 1. The van der Waals surface area contributed by atoms with Gasteiger partial charge in [-0.15, -0.1) is 0 Å². The SMILES string of the molecule is COc1ccc(C(=O)N2c3ccc(F)cc3[C@H](Nc3ccc(F)cc3)C[C@H]2C)cc1. The Hall–Kier alpha value is -3.41. The van der Waals surface area contributed by atoms with Gasteiger partial charge < -0.3 is 15.0 Å². The third-order valence-electron chi connectivity index (χ3n) is 5.38. The number of carbonyl (C=O) groups excluding carboxylic acids is 1. The summed E-state index contributed by atoms with van der Waals surface area (Å²) in [5.41, 5.74) is 2.62. The molecule has 1 amide bonds. The van der Waals surface area contributed by atoms with Crippen LogP contribution in [0.3, 0.4) is 0 Å². The monoisotopic (exact) mass is 408 g/mol. The molecule has 4 nitrogen and oxygen atoms in total. The van der Waals surface area contributed by atoms with Gasteiger partial charge in [0.1, 0.15) is 17.4 Å². The summed E-state index contributed by atoms with van der Waals surface area (Å²) >= 11 is 0. The molecule has 3 aromatic rings. The quantitative estimate of drug-likeness (QED) is 0.614. The van der Waals surface area contributed by atoms with Gasteiger partial charge in [0.25, 0.3) is 5.91 Å². The fraction of sp³-hybridized carbons (Fsp3) is 0.208. The Morgan fingerprint density at radius 2 is 1.67 bits per heavy atom. The van der Waals surface area contributed by atoms with Gasteiger partial charge in [0.05, 0.1) is 13.2 Å². The van der Waals surface area contributed by atoms with Gasteiger partial charge in [-0.2, -0.15) is 0 Å². The van der Waals surface area contributed by atoms with Crippen molar-refractivity contribution >= 4 is 17.3 Å². The Morgan fingerprint density at radius 1 is 1.00 bits per heavy atom. The Kier molecular flexibility index (Phi) is 5.40. The number of anilines is 2. The molecular weight excluding hydrogens is 386 g/mol. The maximum Gasteiger partial charge on any atom is 0.258 e. The topological polar surface area (TPSA) is 41.6 Å². The third kappa shape index (κ3) is 3.85. The number of amides is 1. The van der Waals surface area contributed by atoms with Gasteiger partial charge in [-0.1, -0.05) is 0 Å². The molecule has 0 aliphatic carbocycles. The van der Waals surface area contributed by atoms with Crippen molar-refractivity contribution in [2.24, 2.45) is 0 Å². The van der Waals surface area contributed by atoms with Crippen molar-refractivity contribution in [2.45, 2.75) is 25.4 Å². The number of nitrogens with one attached hydrogen (secondary N) is 1. The van der Waals surface area contributed by atoms with E-state index >= 15 is 0 Å². The Balaban J connectivity index is 1.68. The summed E-state index contributed by atoms with van der Waals surface area (Å²) in [6.07, 6.45) is 0.579. The van der Waals surface area contributed by atoms with Crippen LogP contribution in [-0.2, 0) is 0 Å². The minimum absolute atomic E-state index is 0.129. The van der Waals surface area contributed by atoms with E-state index in [0.717, 1.165) is 5.69 Å². The summed E-state index contributed by atoms with van der Waals surface area (Å²) in [5.74, 6) is -0.172. The summed E-state index contributed by atoms with van der Waals surface area (Å²) in [7, 11) is 1.57. The molecule has 30 heavy (non-hydrogen) atoms. The highest BCUT2D eigenvalue weighted by Crippen LogP contribution is 2.40. The standard InChI is InChI=1S/C24H22F2N2O2/c1-15-13-22(27-19-8-5-17(25)6-9-19)21-14-18(26)7-12-23(21)28(15)24(29)16-3-10-20(30-2)11-4-16/h3-12,14-15,22,27H,13H2,1-2H3/t15-,22-/m1/s1. The molecule has 0 unspecified atom stereocenters.